The SMILES string of the molecule is C[C@@H]1c2c(c3c(oc2=O)C2=C(CCC2)CC3)O[C@@H]1C. The molecule has 1 aliphatic heterocycles. The summed E-state index contributed by atoms with van der Waals surface area (Å²) in [6.07, 6.45) is 5.55. The van der Waals surface area contributed by atoms with Gasteiger partial charge in [0.1, 0.15) is 17.6 Å². The van der Waals surface area contributed by atoms with E-state index >= 15 is 0 Å². The summed E-state index contributed by atoms with van der Waals surface area (Å²) < 4.78 is 11.6. The Bertz CT molecular complexity index is 651. The molecule has 2 heterocycles. The number of fused-ring (bicyclic) bond motifs is 4. The van der Waals surface area contributed by atoms with Crippen LogP contribution in [0.1, 0.15) is 62.3 Å². The van der Waals surface area contributed by atoms with Crippen molar-refractivity contribution in [2.45, 2.75) is 58.0 Å². The van der Waals surface area contributed by atoms with Crippen LogP contribution in [0, 0.1) is 0 Å². The Kier molecular flexibility index (Phi) is 2.23. The van der Waals surface area contributed by atoms with Gasteiger partial charge in [-0.1, -0.05) is 12.5 Å². The third-order valence-electron chi connectivity index (χ3n) is 4.95. The van der Waals surface area contributed by atoms with Crippen molar-refractivity contribution in [1.29, 1.82) is 0 Å². The molecule has 0 spiro atoms. The van der Waals surface area contributed by atoms with Gasteiger partial charge in [0.05, 0.1) is 5.56 Å². The Hall–Kier alpha value is -1.51. The molecule has 0 saturated heterocycles. The second-order valence-corrected chi connectivity index (χ2v) is 5.99. The molecule has 3 nitrogen and oxygen atoms in total. The molecule has 3 heteroatoms. The zero-order valence-corrected chi connectivity index (χ0v) is 11.4. The van der Waals surface area contributed by atoms with E-state index in [0.29, 0.717) is 0 Å². The first-order chi connectivity index (χ1) is 9.16. The van der Waals surface area contributed by atoms with Crippen molar-refractivity contribution in [2.24, 2.45) is 0 Å². The standard InChI is InChI=1S/C16H18O3/c1-8-9(2)18-15-12-7-6-10-4-3-5-11(10)14(12)19-16(17)13(8)15/h8-9H,3-7H2,1-2H3/t8-,9+/m0/s1. The van der Waals surface area contributed by atoms with E-state index in [0.717, 1.165) is 41.9 Å². The molecule has 2 atom stereocenters. The van der Waals surface area contributed by atoms with Crippen LogP contribution in [-0.4, -0.2) is 6.10 Å². The minimum absolute atomic E-state index is 0.0726. The Balaban J connectivity index is 1.98. The summed E-state index contributed by atoms with van der Waals surface area (Å²) >= 11 is 0. The Morgan fingerprint density at radius 2 is 1.95 bits per heavy atom. The molecule has 0 radical (unpaired) electrons. The monoisotopic (exact) mass is 258 g/mol. The van der Waals surface area contributed by atoms with Gasteiger partial charge >= 0.3 is 5.63 Å². The fourth-order valence-corrected chi connectivity index (χ4v) is 3.72. The van der Waals surface area contributed by atoms with Crippen molar-refractivity contribution in [1.82, 2.24) is 0 Å². The lowest BCUT2D eigenvalue weighted by Crippen LogP contribution is -2.15. The van der Waals surface area contributed by atoms with Crippen LogP contribution < -0.4 is 10.4 Å². The summed E-state index contributed by atoms with van der Waals surface area (Å²) in [6.45, 7) is 4.07. The summed E-state index contributed by atoms with van der Waals surface area (Å²) in [5, 5.41) is 0. The minimum atomic E-state index is -0.189. The van der Waals surface area contributed by atoms with Crippen LogP contribution in [0.15, 0.2) is 14.8 Å². The fourth-order valence-electron chi connectivity index (χ4n) is 3.72. The molecule has 0 N–H and O–H groups in total. The maximum atomic E-state index is 12.3. The maximum Gasteiger partial charge on any atom is 0.343 e. The van der Waals surface area contributed by atoms with Crippen molar-refractivity contribution in [3.8, 4) is 5.75 Å². The number of hydrogen-bond acceptors (Lipinski definition) is 3. The fraction of sp³-hybridized carbons (Fsp3) is 0.562. The van der Waals surface area contributed by atoms with E-state index in [-0.39, 0.29) is 17.6 Å². The van der Waals surface area contributed by atoms with E-state index in [2.05, 4.69) is 0 Å². The van der Waals surface area contributed by atoms with E-state index in [1.807, 2.05) is 13.8 Å². The average molecular weight is 258 g/mol. The van der Waals surface area contributed by atoms with Gasteiger partial charge in [-0.05, 0) is 44.6 Å². The zero-order valence-electron chi connectivity index (χ0n) is 11.4. The van der Waals surface area contributed by atoms with Crippen LogP contribution in [0.2, 0.25) is 0 Å². The molecule has 1 aromatic rings. The number of ether oxygens (including phenoxy) is 1. The van der Waals surface area contributed by atoms with Gasteiger partial charge in [-0.2, -0.15) is 0 Å². The second kappa shape index (κ2) is 3.75. The number of hydrogen-bond donors (Lipinski definition) is 0. The largest absolute Gasteiger partial charge is 0.489 e. The zero-order chi connectivity index (χ0) is 13.1. The van der Waals surface area contributed by atoms with Crippen LogP contribution in [0.5, 0.6) is 5.75 Å². The smallest absolute Gasteiger partial charge is 0.343 e. The molecular weight excluding hydrogens is 240 g/mol. The lowest BCUT2D eigenvalue weighted by Gasteiger charge is -2.19. The van der Waals surface area contributed by atoms with Gasteiger partial charge in [-0.15, -0.1) is 0 Å². The third-order valence-corrected chi connectivity index (χ3v) is 4.95. The van der Waals surface area contributed by atoms with E-state index in [9.17, 15) is 4.79 Å². The summed E-state index contributed by atoms with van der Waals surface area (Å²) in [4.78, 5) is 12.3. The molecule has 0 bridgehead atoms. The quantitative estimate of drug-likeness (QED) is 0.716. The predicted octanol–water partition coefficient (Wildman–Crippen LogP) is 3.41. The van der Waals surface area contributed by atoms with Crippen LogP contribution in [-0.2, 0) is 6.42 Å². The Morgan fingerprint density at radius 1 is 1.11 bits per heavy atom. The summed E-state index contributed by atoms with van der Waals surface area (Å²) in [7, 11) is 0. The van der Waals surface area contributed by atoms with Crippen LogP contribution in [0.25, 0.3) is 5.57 Å². The number of rotatable bonds is 0. The first kappa shape index (κ1) is 11.3. The van der Waals surface area contributed by atoms with E-state index in [4.69, 9.17) is 9.15 Å². The van der Waals surface area contributed by atoms with E-state index < -0.39 is 0 Å². The van der Waals surface area contributed by atoms with Crippen LogP contribution >= 0.6 is 0 Å². The van der Waals surface area contributed by atoms with Crippen molar-refractivity contribution in [3.63, 3.8) is 0 Å². The van der Waals surface area contributed by atoms with Crippen molar-refractivity contribution < 1.29 is 9.15 Å². The van der Waals surface area contributed by atoms with Crippen molar-refractivity contribution >= 4 is 5.57 Å². The van der Waals surface area contributed by atoms with Gasteiger partial charge in [0, 0.05) is 11.5 Å². The summed E-state index contributed by atoms with van der Waals surface area (Å²) in [6, 6.07) is 0. The van der Waals surface area contributed by atoms with Crippen LogP contribution in [0.4, 0.5) is 0 Å². The van der Waals surface area contributed by atoms with E-state index in [1.165, 1.54) is 24.0 Å². The maximum absolute atomic E-state index is 12.3. The van der Waals surface area contributed by atoms with Crippen molar-refractivity contribution in [3.05, 3.63) is 32.9 Å². The Labute approximate surface area is 112 Å². The van der Waals surface area contributed by atoms with Gasteiger partial charge in [-0.25, -0.2) is 4.79 Å². The first-order valence-corrected chi connectivity index (χ1v) is 7.24. The molecule has 0 fully saturated rings. The molecule has 3 aliphatic rings. The highest BCUT2D eigenvalue weighted by Crippen LogP contribution is 2.47. The highest BCUT2D eigenvalue weighted by molar-refractivity contribution is 5.73. The molecule has 0 unspecified atom stereocenters. The topological polar surface area (TPSA) is 39.4 Å². The lowest BCUT2D eigenvalue weighted by atomic mass is 9.89. The molecule has 19 heavy (non-hydrogen) atoms. The van der Waals surface area contributed by atoms with Gasteiger partial charge in [0.2, 0.25) is 0 Å². The molecule has 4 rings (SSSR count). The van der Waals surface area contributed by atoms with Gasteiger partial charge in [0.15, 0.2) is 0 Å². The average Bonchev–Trinajstić information content (AvgIpc) is 2.96. The van der Waals surface area contributed by atoms with Gasteiger partial charge < -0.3 is 9.15 Å². The van der Waals surface area contributed by atoms with Gasteiger partial charge in [-0.3, -0.25) is 0 Å². The first-order valence-electron chi connectivity index (χ1n) is 7.24. The van der Waals surface area contributed by atoms with Gasteiger partial charge in [0.25, 0.3) is 0 Å². The number of allylic oxidation sites excluding steroid dienone is 2. The summed E-state index contributed by atoms with van der Waals surface area (Å²) in [5.41, 5.74) is 4.50. The Morgan fingerprint density at radius 3 is 2.79 bits per heavy atom. The predicted molar refractivity (Wildman–Crippen MR) is 72.6 cm³/mol. The molecule has 1 aromatic heterocycles. The molecule has 100 valence electrons. The second-order valence-electron chi connectivity index (χ2n) is 5.99. The van der Waals surface area contributed by atoms with E-state index in [1.54, 1.807) is 0 Å². The minimum Gasteiger partial charge on any atom is -0.489 e. The molecular formula is C16H18O3. The summed E-state index contributed by atoms with van der Waals surface area (Å²) in [5.74, 6) is 1.81. The molecule has 0 saturated carbocycles. The highest BCUT2D eigenvalue weighted by Gasteiger charge is 2.37. The molecule has 2 aliphatic carbocycles. The van der Waals surface area contributed by atoms with Crippen LogP contribution in [0.3, 0.4) is 0 Å². The normalized spacial score (nSPS) is 27.9. The third kappa shape index (κ3) is 1.41. The lowest BCUT2D eigenvalue weighted by molar-refractivity contribution is 0.230. The molecule has 0 aromatic carbocycles. The molecule has 0 amide bonds. The van der Waals surface area contributed by atoms with Crippen molar-refractivity contribution in [2.75, 3.05) is 0 Å². The highest BCUT2D eigenvalue weighted by atomic mass is 16.5.